The van der Waals surface area contributed by atoms with Gasteiger partial charge in [0.05, 0.1) is 5.69 Å². The molecule has 0 unspecified atom stereocenters. The first-order chi connectivity index (χ1) is 11.1. The molecule has 1 aliphatic rings. The Morgan fingerprint density at radius 2 is 1.87 bits per heavy atom. The van der Waals surface area contributed by atoms with Crippen molar-refractivity contribution in [2.45, 2.75) is 0 Å². The molecule has 0 aliphatic carbocycles. The summed E-state index contributed by atoms with van der Waals surface area (Å²) in [5.74, 6) is -0.637. The number of hydrogen-bond donors (Lipinski definition) is 0. The molecule has 0 aromatic heterocycles. The lowest BCUT2D eigenvalue weighted by Gasteiger charge is -2.23. The Balaban J connectivity index is 2.04. The highest BCUT2D eigenvalue weighted by Crippen LogP contribution is 2.23. The number of benzene rings is 1. The van der Waals surface area contributed by atoms with Gasteiger partial charge in [-0.3, -0.25) is 9.69 Å². The molecular formula is C17H20FN3O2. The molecule has 6 heteroatoms. The van der Waals surface area contributed by atoms with Gasteiger partial charge >= 0.3 is 6.03 Å². The van der Waals surface area contributed by atoms with E-state index in [9.17, 15) is 14.0 Å². The maximum absolute atomic E-state index is 13.8. The second-order valence-electron chi connectivity index (χ2n) is 5.18. The highest BCUT2D eigenvalue weighted by molar-refractivity contribution is 5.96. The third-order valence-corrected chi connectivity index (χ3v) is 3.62. The first-order valence-corrected chi connectivity index (χ1v) is 7.39. The van der Waals surface area contributed by atoms with Crippen LogP contribution >= 0.6 is 0 Å². The van der Waals surface area contributed by atoms with E-state index in [1.54, 1.807) is 35.3 Å². The Morgan fingerprint density at radius 1 is 1.22 bits per heavy atom. The number of halogens is 1. The molecule has 0 radical (unpaired) electrons. The second kappa shape index (κ2) is 7.58. The molecular weight excluding hydrogens is 297 g/mol. The van der Waals surface area contributed by atoms with Crippen LogP contribution in [-0.4, -0.2) is 54.5 Å². The van der Waals surface area contributed by atoms with E-state index >= 15 is 0 Å². The minimum Gasteiger partial charge on any atom is -0.334 e. The van der Waals surface area contributed by atoms with E-state index in [0.29, 0.717) is 26.2 Å². The molecule has 1 aliphatic heterocycles. The molecule has 1 heterocycles. The average Bonchev–Trinajstić information content (AvgIpc) is 2.88. The maximum Gasteiger partial charge on any atom is 0.325 e. The summed E-state index contributed by atoms with van der Waals surface area (Å²) in [6, 6.07) is 5.76. The standard InChI is InChI=1S/C17H20FN3O2/c1-3-9-19(10-4-2)16(22)13-20-11-12-21(17(20)23)15-8-6-5-7-14(15)18/h3-8H,1-2,9-13H2. The SMILES string of the molecule is C=CCN(CC=C)C(=O)CN1CCN(c2ccccc2F)C1=O. The Morgan fingerprint density at radius 3 is 2.48 bits per heavy atom. The number of amides is 3. The molecule has 0 atom stereocenters. The smallest absolute Gasteiger partial charge is 0.325 e. The van der Waals surface area contributed by atoms with Gasteiger partial charge in [-0.15, -0.1) is 13.2 Å². The minimum absolute atomic E-state index is 0.0362. The Kier molecular flexibility index (Phi) is 5.51. The average molecular weight is 317 g/mol. The molecule has 5 nitrogen and oxygen atoms in total. The summed E-state index contributed by atoms with van der Waals surface area (Å²) in [6.45, 7) is 8.72. The van der Waals surface area contributed by atoms with Crippen molar-refractivity contribution in [3.8, 4) is 0 Å². The van der Waals surface area contributed by atoms with E-state index in [1.807, 2.05) is 0 Å². The zero-order chi connectivity index (χ0) is 16.8. The van der Waals surface area contributed by atoms with Gasteiger partial charge in [0.1, 0.15) is 12.4 Å². The number of carbonyl (C=O) groups is 2. The molecule has 1 fully saturated rings. The van der Waals surface area contributed by atoms with Gasteiger partial charge in [-0.1, -0.05) is 24.3 Å². The number of anilines is 1. The molecule has 0 bridgehead atoms. The largest absolute Gasteiger partial charge is 0.334 e. The van der Waals surface area contributed by atoms with Gasteiger partial charge in [-0.05, 0) is 12.1 Å². The summed E-state index contributed by atoms with van der Waals surface area (Å²) >= 11 is 0. The zero-order valence-electron chi connectivity index (χ0n) is 12.9. The van der Waals surface area contributed by atoms with Gasteiger partial charge < -0.3 is 9.80 Å². The molecule has 1 saturated heterocycles. The van der Waals surface area contributed by atoms with E-state index < -0.39 is 5.82 Å². The Bertz CT molecular complexity index is 608. The van der Waals surface area contributed by atoms with Crippen molar-refractivity contribution in [2.24, 2.45) is 0 Å². The molecule has 3 amide bonds. The summed E-state index contributed by atoms with van der Waals surface area (Å²) in [5, 5.41) is 0. The highest BCUT2D eigenvalue weighted by atomic mass is 19.1. The second-order valence-corrected chi connectivity index (χ2v) is 5.18. The van der Waals surface area contributed by atoms with Crippen molar-refractivity contribution in [3.63, 3.8) is 0 Å². The fraction of sp³-hybridized carbons (Fsp3) is 0.294. The van der Waals surface area contributed by atoms with Crippen molar-refractivity contribution >= 4 is 17.6 Å². The van der Waals surface area contributed by atoms with Crippen LogP contribution in [0.1, 0.15) is 0 Å². The summed E-state index contributed by atoms with van der Waals surface area (Å²) in [6.07, 6.45) is 3.25. The van der Waals surface area contributed by atoms with Crippen molar-refractivity contribution in [3.05, 3.63) is 55.4 Å². The predicted molar refractivity (Wildman–Crippen MR) is 87.7 cm³/mol. The normalized spacial score (nSPS) is 14.0. The lowest BCUT2D eigenvalue weighted by Crippen LogP contribution is -2.42. The number of carbonyl (C=O) groups excluding carboxylic acids is 2. The fourth-order valence-corrected chi connectivity index (χ4v) is 2.48. The molecule has 1 aromatic carbocycles. The van der Waals surface area contributed by atoms with Crippen molar-refractivity contribution in [1.29, 1.82) is 0 Å². The Labute approximate surface area is 135 Å². The van der Waals surface area contributed by atoms with Crippen LogP contribution in [0.5, 0.6) is 0 Å². The molecule has 0 spiro atoms. The van der Waals surface area contributed by atoms with E-state index in [0.717, 1.165) is 0 Å². The van der Waals surface area contributed by atoms with Gasteiger partial charge in [0, 0.05) is 26.2 Å². The number of hydrogen-bond acceptors (Lipinski definition) is 2. The van der Waals surface area contributed by atoms with Crippen LogP contribution in [-0.2, 0) is 4.79 Å². The van der Waals surface area contributed by atoms with Crippen LogP contribution < -0.4 is 4.90 Å². The molecule has 0 saturated carbocycles. The fourth-order valence-electron chi connectivity index (χ4n) is 2.48. The number of urea groups is 1. The van der Waals surface area contributed by atoms with Gasteiger partial charge in [-0.25, -0.2) is 9.18 Å². The quantitative estimate of drug-likeness (QED) is 0.724. The van der Waals surface area contributed by atoms with Crippen LogP contribution in [0.4, 0.5) is 14.9 Å². The Hall–Kier alpha value is -2.63. The zero-order valence-corrected chi connectivity index (χ0v) is 12.9. The van der Waals surface area contributed by atoms with Gasteiger partial charge in [0.2, 0.25) is 5.91 Å². The summed E-state index contributed by atoms with van der Waals surface area (Å²) in [5.41, 5.74) is 0.237. The van der Waals surface area contributed by atoms with Crippen molar-refractivity contribution < 1.29 is 14.0 Å². The third-order valence-electron chi connectivity index (χ3n) is 3.62. The van der Waals surface area contributed by atoms with Crippen molar-refractivity contribution in [1.82, 2.24) is 9.80 Å². The van der Waals surface area contributed by atoms with E-state index in [4.69, 9.17) is 0 Å². The van der Waals surface area contributed by atoms with Crippen LogP contribution in [0.25, 0.3) is 0 Å². The molecule has 122 valence electrons. The van der Waals surface area contributed by atoms with E-state index in [1.165, 1.54) is 15.9 Å². The minimum atomic E-state index is -0.450. The third kappa shape index (κ3) is 3.77. The highest BCUT2D eigenvalue weighted by Gasteiger charge is 2.32. The monoisotopic (exact) mass is 317 g/mol. The van der Waals surface area contributed by atoms with Crippen molar-refractivity contribution in [2.75, 3.05) is 37.6 Å². The lowest BCUT2D eigenvalue weighted by atomic mass is 10.3. The molecule has 23 heavy (non-hydrogen) atoms. The first kappa shape index (κ1) is 16.7. The van der Waals surface area contributed by atoms with Gasteiger partial charge in [0.15, 0.2) is 0 Å². The van der Waals surface area contributed by atoms with Gasteiger partial charge in [0.25, 0.3) is 0 Å². The van der Waals surface area contributed by atoms with E-state index in [-0.39, 0.29) is 24.2 Å². The van der Waals surface area contributed by atoms with Crippen LogP contribution in [0.15, 0.2) is 49.6 Å². The number of para-hydroxylation sites is 1. The topological polar surface area (TPSA) is 43.9 Å². The molecule has 2 rings (SSSR count). The predicted octanol–water partition coefficient (Wildman–Crippen LogP) is 2.27. The molecule has 0 N–H and O–H groups in total. The summed E-state index contributed by atoms with van der Waals surface area (Å²) in [7, 11) is 0. The van der Waals surface area contributed by atoms with E-state index in [2.05, 4.69) is 13.2 Å². The van der Waals surface area contributed by atoms with Crippen LogP contribution in [0.3, 0.4) is 0 Å². The van der Waals surface area contributed by atoms with Crippen LogP contribution in [0.2, 0.25) is 0 Å². The molecule has 1 aromatic rings. The lowest BCUT2D eigenvalue weighted by molar-refractivity contribution is -0.130. The first-order valence-electron chi connectivity index (χ1n) is 7.39. The summed E-state index contributed by atoms with van der Waals surface area (Å²) < 4.78 is 13.8. The summed E-state index contributed by atoms with van der Waals surface area (Å²) in [4.78, 5) is 29.0. The number of nitrogens with zero attached hydrogens (tertiary/aromatic N) is 3. The van der Waals surface area contributed by atoms with Crippen LogP contribution in [0, 0.1) is 5.82 Å². The number of rotatable bonds is 7. The maximum atomic E-state index is 13.8. The van der Waals surface area contributed by atoms with Gasteiger partial charge in [-0.2, -0.15) is 0 Å².